The van der Waals surface area contributed by atoms with Crippen molar-refractivity contribution < 1.29 is 5.11 Å². The molecule has 0 aromatic heterocycles. The molecule has 1 fully saturated rings. The van der Waals surface area contributed by atoms with Crippen molar-refractivity contribution in [2.45, 2.75) is 39.3 Å². The third-order valence-corrected chi connectivity index (χ3v) is 3.59. The van der Waals surface area contributed by atoms with Crippen LogP contribution in [0.3, 0.4) is 0 Å². The van der Waals surface area contributed by atoms with E-state index in [9.17, 15) is 5.11 Å². The molecule has 0 unspecified atom stereocenters. The van der Waals surface area contributed by atoms with Crippen LogP contribution in [-0.2, 0) is 6.54 Å². The molecule has 1 aliphatic rings. The van der Waals surface area contributed by atoms with Gasteiger partial charge in [-0.15, -0.1) is 0 Å². The number of rotatable bonds is 2. The first kappa shape index (κ1) is 11.6. The van der Waals surface area contributed by atoms with Gasteiger partial charge in [-0.05, 0) is 49.9 Å². The smallest absolute Gasteiger partial charge is 0.0667 e. The molecule has 2 heteroatoms. The zero-order valence-electron chi connectivity index (χ0n) is 10.2. The summed E-state index contributed by atoms with van der Waals surface area (Å²) in [6.07, 6.45) is 1.95. The minimum Gasteiger partial charge on any atom is -0.392 e. The highest BCUT2D eigenvalue weighted by Gasteiger charge is 2.18. The Morgan fingerprint density at radius 2 is 2.19 bits per heavy atom. The third kappa shape index (κ3) is 2.63. The first-order valence-corrected chi connectivity index (χ1v) is 6.12. The fraction of sp³-hybridized carbons (Fsp3) is 0.571. The minimum atomic E-state index is -0.126. The van der Waals surface area contributed by atoms with E-state index in [1.54, 1.807) is 0 Å². The summed E-state index contributed by atoms with van der Waals surface area (Å²) in [6, 6.07) is 6.48. The van der Waals surface area contributed by atoms with Crippen molar-refractivity contribution in [3.05, 3.63) is 34.9 Å². The Bertz CT molecular complexity index is 362. The Labute approximate surface area is 97.9 Å². The number of β-amino-alcohol motifs (C(OH)–C–C–N with tert-alkyl or cyclic N) is 1. The lowest BCUT2D eigenvalue weighted by Gasteiger charge is -2.30. The van der Waals surface area contributed by atoms with Gasteiger partial charge in [0.2, 0.25) is 0 Å². The number of hydrogen-bond acceptors (Lipinski definition) is 2. The number of aliphatic hydroxyl groups is 1. The van der Waals surface area contributed by atoms with Crippen LogP contribution in [0.1, 0.15) is 29.5 Å². The van der Waals surface area contributed by atoms with E-state index in [0.29, 0.717) is 0 Å². The first-order chi connectivity index (χ1) is 7.66. The van der Waals surface area contributed by atoms with Crippen molar-refractivity contribution in [1.82, 2.24) is 4.90 Å². The molecule has 1 aliphatic heterocycles. The van der Waals surface area contributed by atoms with Crippen LogP contribution in [0.2, 0.25) is 0 Å². The van der Waals surface area contributed by atoms with Crippen LogP contribution in [0, 0.1) is 13.8 Å². The average molecular weight is 219 g/mol. The van der Waals surface area contributed by atoms with E-state index in [1.807, 2.05) is 0 Å². The van der Waals surface area contributed by atoms with Gasteiger partial charge in [-0.25, -0.2) is 0 Å². The molecular formula is C14H21NO. The quantitative estimate of drug-likeness (QED) is 0.824. The summed E-state index contributed by atoms with van der Waals surface area (Å²) < 4.78 is 0. The van der Waals surface area contributed by atoms with Crippen molar-refractivity contribution in [2.24, 2.45) is 0 Å². The van der Waals surface area contributed by atoms with Gasteiger partial charge in [0.15, 0.2) is 0 Å². The summed E-state index contributed by atoms with van der Waals surface area (Å²) in [6.45, 7) is 7.26. The number of benzene rings is 1. The van der Waals surface area contributed by atoms with Crippen LogP contribution in [-0.4, -0.2) is 29.2 Å². The fourth-order valence-electron chi connectivity index (χ4n) is 2.40. The Morgan fingerprint density at radius 1 is 1.38 bits per heavy atom. The lowest BCUT2D eigenvalue weighted by molar-refractivity contribution is 0.0667. The van der Waals surface area contributed by atoms with E-state index in [2.05, 4.69) is 36.9 Å². The highest BCUT2D eigenvalue weighted by molar-refractivity contribution is 5.33. The maximum absolute atomic E-state index is 9.64. The Morgan fingerprint density at radius 3 is 2.94 bits per heavy atom. The Balaban J connectivity index is 2.05. The molecule has 0 radical (unpaired) electrons. The number of aryl methyl sites for hydroxylation is 1. The van der Waals surface area contributed by atoms with Gasteiger partial charge in [0, 0.05) is 13.1 Å². The maximum Gasteiger partial charge on any atom is 0.0667 e. The molecule has 16 heavy (non-hydrogen) atoms. The molecular weight excluding hydrogens is 198 g/mol. The fourth-order valence-corrected chi connectivity index (χ4v) is 2.40. The summed E-state index contributed by atoms with van der Waals surface area (Å²) in [4.78, 5) is 2.36. The number of hydrogen-bond donors (Lipinski definition) is 1. The minimum absolute atomic E-state index is 0.126. The van der Waals surface area contributed by atoms with E-state index in [1.165, 1.54) is 16.7 Å². The Hall–Kier alpha value is -0.860. The molecule has 1 aromatic carbocycles. The van der Waals surface area contributed by atoms with Gasteiger partial charge >= 0.3 is 0 Å². The van der Waals surface area contributed by atoms with Crippen LogP contribution >= 0.6 is 0 Å². The van der Waals surface area contributed by atoms with E-state index >= 15 is 0 Å². The number of likely N-dealkylation sites (tertiary alicyclic amines) is 1. The molecule has 1 aromatic rings. The van der Waals surface area contributed by atoms with Crippen molar-refractivity contribution in [3.63, 3.8) is 0 Å². The summed E-state index contributed by atoms with van der Waals surface area (Å²) in [5.74, 6) is 0. The van der Waals surface area contributed by atoms with Crippen molar-refractivity contribution in [1.29, 1.82) is 0 Å². The largest absolute Gasteiger partial charge is 0.392 e. The van der Waals surface area contributed by atoms with Crippen LogP contribution in [0.5, 0.6) is 0 Å². The van der Waals surface area contributed by atoms with E-state index in [-0.39, 0.29) is 6.10 Å². The third-order valence-electron chi connectivity index (χ3n) is 3.59. The van der Waals surface area contributed by atoms with Gasteiger partial charge in [-0.1, -0.05) is 18.2 Å². The number of aliphatic hydroxyl groups excluding tert-OH is 1. The predicted molar refractivity (Wildman–Crippen MR) is 66.4 cm³/mol. The molecule has 0 aliphatic carbocycles. The predicted octanol–water partition coefficient (Wildman–Crippen LogP) is 2.26. The van der Waals surface area contributed by atoms with Crippen LogP contribution in [0.15, 0.2) is 18.2 Å². The van der Waals surface area contributed by atoms with Crippen LogP contribution in [0.4, 0.5) is 0 Å². The van der Waals surface area contributed by atoms with Gasteiger partial charge in [0.25, 0.3) is 0 Å². The molecule has 1 N–H and O–H groups in total. The van der Waals surface area contributed by atoms with Gasteiger partial charge in [-0.3, -0.25) is 4.90 Å². The number of nitrogens with zero attached hydrogens (tertiary/aromatic N) is 1. The first-order valence-electron chi connectivity index (χ1n) is 6.12. The molecule has 1 saturated heterocycles. The monoisotopic (exact) mass is 219 g/mol. The summed E-state index contributed by atoms with van der Waals surface area (Å²) in [5.41, 5.74) is 4.15. The number of piperidine rings is 1. The van der Waals surface area contributed by atoms with Crippen molar-refractivity contribution in [2.75, 3.05) is 13.1 Å². The zero-order valence-corrected chi connectivity index (χ0v) is 10.2. The van der Waals surface area contributed by atoms with E-state index in [0.717, 1.165) is 32.5 Å². The molecule has 0 saturated carbocycles. The molecule has 2 nitrogen and oxygen atoms in total. The lowest BCUT2D eigenvalue weighted by atomic mass is 10.0. The van der Waals surface area contributed by atoms with Gasteiger partial charge in [-0.2, -0.15) is 0 Å². The lowest BCUT2D eigenvalue weighted by Crippen LogP contribution is -2.37. The molecule has 2 rings (SSSR count). The van der Waals surface area contributed by atoms with Crippen molar-refractivity contribution in [3.8, 4) is 0 Å². The average Bonchev–Trinajstić information content (AvgIpc) is 2.25. The highest BCUT2D eigenvalue weighted by Crippen LogP contribution is 2.18. The highest BCUT2D eigenvalue weighted by atomic mass is 16.3. The van der Waals surface area contributed by atoms with Gasteiger partial charge in [0.05, 0.1) is 6.10 Å². The standard InChI is InChI=1S/C14H21NO/c1-11-5-3-6-13(12(11)2)9-15-8-4-7-14(16)10-15/h3,5-6,14,16H,4,7-10H2,1-2H3/t14-/m1/s1. The van der Waals surface area contributed by atoms with Crippen LogP contribution < -0.4 is 0 Å². The van der Waals surface area contributed by atoms with Crippen LogP contribution in [0.25, 0.3) is 0 Å². The SMILES string of the molecule is Cc1cccc(CN2CCC[C@@H](O)C2)c1C. The molecule has 88 valence electrons. The topological polar surface area (TPSA) is 23.5 Å². The van der Waals surface area contributed by atoms with E-state index < -0.39 is 0 Å². The normalized spacial score (nSPS) is 22.3. The second-order valence-corrected chi connectivity index (χ2v) is 4.89. The molecule has 1 atom stereocenters. The van der Waals surface area contributed by atoms with Gasteiger partial charge in [0.1, 0.15) is 0 Å². The maximum atomic E-state index is 9.64. The summed E-state index contributed by atoms with van der Waals surface area (Å²) in [7, 11) is 0. The zero-order chi connectivity index (χ0) is 11.5. The Kier molecular flexibility index (Phi) is 3.62. The summed E-state index contributed by atoms with van der Waals surface area (Å²) >= 11 is 0. The molecule has 0 spiro atoms. The molecule has 0 bridgehead atoms. The summed E-state index contributed by atoms with van der Waals surface area (Å²) in [5, 5.41) is 9.64. The van der Waals surface area contributed by atoms with Gasteiger partial charge < -0.3 is 5.11 Å². The molecule has 0 amide bonds. The second-order valence-electron chi connectivity index (χ2n) is 4.89. The second kappa shape index (κ2) is 4.98. The van der Waals surface area contributed by atoms with Crippen molar-refractivity contribution >= 4 is 0 Å². The molecule has 1 heterocycles. The van der Waals surface area contributed by atoms with E-state index in [4.69, 9.17) is 0 Å².